The van der Waals surface area contributed by atoms with Crippen molar-refractivity contribution in [3.05, 3.63) is 0 Å². The highest BCUT2D eigenvalue weighted by molar-refractivity contribution is 7.80. The Labute approximate surface area is 53.8 Å². The minimum absolute atomic E-state index is 0.184. The highest BCUT2D eigenvalue weighted by Crippen LogP contribution is 1.61. The van der Waals surface area contributed by atoms with Gasteiger partial charge < -0.3 is 16.6 Å². The highest BCUT2D eigenvalue weighted by atomic mass is 32.1. The van der Waals surface area contributed by atoms with Crippen LogP contribution in [0.1, 0.15) is 0 Å². The minimum atomic E-state index is -0.333. The molecule has 0 aromatic rings. The Kier molecular flexibility index (Phi) is 12.9. The van der Waals surface area contributed by atoms with Crippen LogP contribution in [0.2, 0.25) is 0 Å². The zero-order valence-corrected chi connectivity index (χ0v) is 5.36. The van der Waals surface area contributed by atoms with E-state index >= 15 is 0 Å². The number of nitrogens with one attached hydrogen (secondary N) is 1. The number of aliphatic hydroxyl groups is 1. The second-order valence-electron chi connectivity index (χ2n) is 0.903. The van der Waals surface area contributed by atoms with Gasteiger partial charge in [-0.25, -0.2) is 0 Å². The third-order valence-corrected chi connectivity index (χ3v) is 0.300. The molecule has 5 heteroatoms. The smallest absolute Gasteiger partial charge is 0.183 e. The first-order valence-electron chi connectivity index (χ1n) is 1.96. The van der Waals surface area contributed by atoms with Gasteiger partial charge in [0.25, 0.3) is 0 Å². The van der Waals surface area contributed by atoms with Gasteiger partial charge in [-0.05, 0) is 0 Å². The van der Waals surface area contributed by atoms with Crippen LogP contribution in [0, 0.1) is 5.41 Å². The molecule has 0 spiro atoms. The van der Waals surface area contributed by atoms with Crippen LogP contribution >= 0.6 is 12.6 Å². The Bertz CT molecular complexity index is 52.5. The molecule has 0 aliphatic heterocycles. The van der Waals surface area contributed by atoms with Crippen molar-refractivity contribution in [1.82, 2.24) is 0 Å². The molecule has 0 unspecified atom stereocenters. The van der Waals surface area contributed by atoms with Crippen LogP contribution in [-0.2, 0) is 0 Å². The molecular formula is C3H11N3OS. The number of thiol groups is 1. The molecule has 6 N–H and O–H groups in total. The lowest BCUT2D eigenvalue weighted by Gasteiger charge is -1.69. The minimum Gasteiger partial charge on any atom is -0.396 e. The van der Waals surface area contributed by atoms with Crippen molar-refractivity contribution in [2.24, 2.45) is 11.5 Å². The fourth-order valence-corrected chi connectivity index (χ4v) is 0. The molecule has 0 aliphatic rings. The van der Waals surface area contributed by atoms with Gasteiger partial charge >= 0.3 is 0 Å². The van der Waals surface area contributed by atoms with E-state index in [0.29, 0.717) is 5.75 Å². The van der Waals surface area contributed by atoms with E-state index in [9.17, 15) is 0 Å². The van der Waals surface area contributed by atoms with Crippen LogP contribution < -0.4 is 11.5 Å². The number of guanidine groups is 1. The quantitative estimate of drug-likeness (QED) is 0.177. The van der Waals surface area contributed by atoms with E-state index in [1.165, 1.54) is 0 Å². The number of rotatable bonds is 1. The Morgan fingerprint density at radius 3 is 1.75 bits per heavy atom. The third-order valence-electron chi connectivity index (χ3n) is 0.1000. The maximum absolute atomic E-state index is 7.80. The summed E-state index contributed by atoms with van der Waals surface area (Å²) in [5, 5.41) is 13.9. The summed E-state index contributed by atoms with van der Waals surface area (Å²) in [5.74, 6) is 0.236. The Morgan fingerprint density at radius 1 is 1.62 bits per heavy atom. The van der Waals surface area contributed by atoms with Crippen LogP contribution in [0.25, 0.3) is 0 Å². The number of hydrogen-bond donors (Lipinski definition) is 5. The fraction of sp³-hybridized carbons (Fsp3) is 0.667. The van der Waals surface area contributed by atoms with Gasteiger partial charge in [0.1, 0.15) is 0 Å². The SMILES string of the molecule is N=C(N)N.OCCS. The summed E-state index contributed by atoms with van der Waals surface area (Å²) in [4.78, 5) is 0. The predicted molar refractivity (Wildman–Crippen MR) is 37.0 cm³/mol. The summed E-state index contributed by atoms with van der Waals surface area (Å²) in [6, 6.07) is 0. The summed E-state index contributed by atoms with van der Waals surface area (Å²) >= 11 is 3.67. The lowest BCUT2D eigenvalue weighted by atomic mass is 10.9. The van der Waals surface area contributed by atoms with E-state index in [1.807, 2.05) is 0 Å². The molecule has 0 bridgehead atoms. The van der Waals surface area contributed by atoms with Crippen LogP contribution in [0.3, 0.4) is 0 Å². The van der Waals surface area contributed by atoms with E-state index in [-0.39, 0.29) is 12.6 Å². The second kappa shape index (κ2) is 9.77. The van der Waals surface area contributed by atoms with Gasteiger partial charge in [-0.1, -0.05) is 0 Å². The number of hydrogen-bond acceptors (Lipinski definition) is 3. The van der Waals surface area contributed by atoms with Crippen LogP contribution in [0.5, 0.6) is 0 Å². The standard InChI is InChI=1S/C2H6OS.CH5N3/c3-1-2-4;2-1(3)4/h3-4H,1-2H2;(H5,2,3,4). The lowest BCUT2D eigenvalue weighted by molar-refractivity contribution is 0.323. The first kappa shape index (κ1) is 10.5. The van der Waals surface area contributed by atoms with Crippen molar-refractivity contribution in [2.45, 2.75) is 0 Å². The molecule has 0 aromatic carbocycles. The summed E-state index contributed by atoms with van der Waals surface area (Å²) in [7, 11) is 0. The van der Waals surface area contributed by atoms with Gasteiger partial charge in [-0.15, -0.1) is 0 Å². The van der Waals surface area contributed by atoms with Crippen molar-refractivity contribution in [2.75, 3.05) is 12.4 Å². The molecule has 0 heterocycles. The molecule has 0 aromatic heterocycles. The molecular weight excluding hydrogens is 126 g/mol. The molecule has 0 aliphatic carbocycles. The van der Waals surface area contributed by atoms with Gasteiger partial charge in [-0.3, -0.25) is 5.41 Å². The van der Waals surface area contributed by atoms with E-state index in [4.69, 9.17) is 10.5 Å². The average Bonchev–Trinajstić information content (AvgIpc) is 1.65. The second-order valence-corrected chi connectivity index (χ2v) is 1.35. The normalized spacial score (nSPS) is 6.75. The Balaban J connectivity index is 0. The van der Waals surface area contributed by atoms with Crippen molar-refractivity contribution >= 4 is 18.6 Å². The van der Waals surface area contributed by atoms with E-state index in [1.54, 1.807) is 0 Å². The molecule has 0 saturated heterocycles. The third kappa shape index (κ3) is 348. The van der Waals surface area contributed by atoms with Crippen molar-refractivity contribution in [1.29, 1.82) is 5.41 Å². The number of aliphatic hydroxyl groups excluding tert-OH is 1. The van der Waals surface area contributed by atoms with E-state index in [2.05, 4.69) is 24.1 Å². The number of nitrogens with two attached hydrogens (primary N) is 2. The summed E-state index contributed by atoms with van der Waals surface area (Å²) < 4.78 is 0. The maximum atomic E-state index is 7.80. The lowest BCUT2D eigenvalue weighted by Crippen LogP contribution is -2.20. The molecule has 0 fully saturated rings. The van der Waals surface area contributed by atoms with Crippen molar-refractivity contribution in [3.63, 3.8) is 0 Å². The van der Waals surface area contributed by atoms with Gasteiger partial charge in [0.2, 0.25) is 0 Å². The summed E-state index contributed by atoms with van der Waals surface area (Å²) in [6.45, 7) is 0.184. The van der Waals surface area contributed by atoms with Crippen molar-refractivity contribution < 1.29 is 5.11 Å². The van der Waals surface area contributed by atoms with Gasteiger partial charge in [0.15, 0.2) is 5.96 Å². The van der Waals surface area contributed by atoms with Crippen LogP contribution in [-0.4, -0.2) is 23.4 Å². The first-order valence-corrected chi connectivity index (χ1v) is 2.59. The van der Waals surface area contributed by atoms with Crippen LogP contribution in [0.4, 0.5) is 0 Å². The molecule has 0 amide bonds. The Hall–Kier alpha value is -0.420. The van der Waals surface area contributed by atoms with E-state index in [0.717, 1.165) is 0 Å². The molecule has 0 radical (unpaired) electrons. The average molecular weight is 137 g/mol. The molecule has 0 saturated carbocycles. The van der Waals surface area contributed by atoms with Crippen molar-refractivity contribution in [3.8, 4) is 0 Å². The zero-order chi connectivity index (χ0) is 6.99. The molecule has 0 rings (SSSR count). The van der Waals surface area contributed by atoms with Gasteiger partial charge in [0, 0.05) is 5.75 Å². The molecule has 4 nitrogen and oxygen atoms in total. The molecule has 0 atom stereocenters. The maximum Gasteiger partial charge on any atom is 0.183 e. The highest BCUT2D eigenvalue weighted by Gasteiger charge is 1.57. The molecule has 8 heavy (non-hydrogen) atoms. The van der Waals surface area contributed by atoms with Crippen LogP contribution in [0.15, 0.2) is 0 Å². The summed E-state index contributed by atoms with van der Waals surface area (Å²) in [6.07, 6.45) is 0. The Morgan fingerprint density at radius 2 is 1.75 bits per heavy atom. The topological polar surface area (TPSA) is 96.1 Å². The largest absolute Gasteiger partial charge is 0.396 e. The first-order chi connectivity index (χ1) is 3.65. The van der Waals surface area contributed by atoms with E-state index < -0.39 is 0 Å². The zero-order valence-electron chi connectivity index (χ0n) is 4.46. The monoisotopic (exact) mass is 137 g/mol. The van der Waals surface area contributed by atoms with Gasteiger partial charge in [-0.2, -0.15) is 12.6 Å². The fourth-order valence-electron chi connectivity index (χ4n) is 0. The predicted octanol–water partition coefficient (Wildman–Crippen LogP) is -1.25. The van der Waals surface area contributed by atoms with Gasteiger partial charge in [0.05, 0.1) is 6.61 Å². The molecule has 50 valence electrons. The summed E-state index contributed by atoms with van der Waals surface area (Å²) in [5.41, 5.74) is 8.94.